The van der Waals surface area contributed by atoms with Crippen molar-refractivity contribution in [3.05, 3.63) is 53.6 Å². The minimum atomic E-state index is -0.00190. The molecule has 2 aromatic rings. The van der Waals surface area contributed by atoms with Crippen LogP contribution < -0.4 is 20.1 Å². The lowest BCUT2D eigenvalue weighted by Crippen LogP contribution is -2.38. The van der Waals surface area contributed by atoms with Crippen LogP contribution in [0.2, 0.25) is 0 Å². The Morgan fingerprint density at radius 1 is 1.07 bits per heavy atom. The number of aromatic hydroxyl groups is 1. The fourth-order valence-electron chi connectivity index (χ4n) is 2.61. The molecule has 2 rings (SSSR count). The lowest BCUT2D eigenvalue weighted by molar-refractivity contribution is 0.339. The van der Waals surface area contributed by atoms with Gasteiger partial charge in [0, 0.05) is 20.1 Å². The summed E-state index contributed by atoms with van der Waals surface area (Å²) in [6.07, 6.45) is 0. The monoisotopic (exact) mass is 485 g/mol. The van der Waals surface area contributed by atoms with Crippen molar-refractivity contribution in [2.24, 2.45) is 4.99 Å². The highest BCUT2D eigenvalue weighted by Gasteiger charge is 2.12. The molecule has 0 saturated heterocycles. The normalized spacial score (nSPS) is 11.9. The molecule has 0 aliphatic rings. The third kappa shape index (κ3) is 6.50. The van der Waals surface area contributed by atoms with Gasteiger partial charge in [0.05, 0.1) is 14.2 Å². The molecule has 0 spiro atoms. The Labute approximate surface area is 178 Å². The molecule has 0 amide bonds. The number of nitrogens with zero attached hydrogens (tertiary/aromatic N) is 1. The SMILES string of the molecule is CN=C(NCc1cc(OC)c(O)c(OC)c1)NCC(C)c1ccccc1.I. The van der Waals surface area contributed by atoms with Crippen molar-refractivity contribution in [2.75, 3.05) is 27.8 Å². The molecule has 1 unspecified atom stereocenters. The molecule has 3 N–H and O–H groups in total. The number of ether oxygens (including phenoxy) is 2. The van der Waals surface area contributed by atoms with E-state index in [0.717, 1.165) is 12.1 Å². The predicted octanol–water partition coefficient (Wildman–Crippen LogP) is 3.50. The number of nitrogens with one attached hydrogen (secondary N) is 2. The Hall–Kier alpha value is -2.16. The summed E-state index contributed by atoms with van der Waals surface area (Å²) in [7, 11) is 4.76. The Morgan fingerprint density at radius 2 is 1.67 bits per heavy atom. The number of halogens is 1. The summed E-state index contributed by atoms with van der Waals surface area (Å²) in [5, 5.41) is 16.6. The van der Waals surface area contributed by atoms with Crippen LogP contribution in [0.5, 0.6) is 17.2 Å². The van der Waals surface area contributed by atoms with E-state index >= 15 is 0 Å². The highest BCUT2D eigenvalue weighted by Crippen LogP contribution is 2.36. The first-order valence-electron chi connectivity index (χ1n) is 8.52. The number of benzene rings is 2. The van der Waals surface area contributed by atoms with Crippen LogP contribution in [-0.4, -0.2) is 38.9 Å². The Balaban J connectivity index is 0.00000364. The second-order valence-corrected chi connectivity index (χ2v) is 5.97. The van der Waals surface area contributed by atoms with E-state index in [1.165, 1.54) is 19.8 Å². The zero-order chi connectivity index (χ0) is 18.9. The Morgan fingerprint density at radius 3 is 2.19 bits per heavy atom. The molecule has 7 heteroatoms. The van der Waals surface area contributed by atoms with E-state index in [-0.39, 0.29) is 29.7 Å². The third-order valence-corrected chi connectivity index (χ3v) is 4.17. The van der Waals surface area contributed by atoms with Crippen molar-refractivity contribution in [1.82, 2.24) is 10.6 Å². The van der Waals surface area contributed by atoms with Crippen LogP contribution in [0.3, 0.4) is 0 Å². The molecular formula is C20H28IN3O3. The van der Waals surface area contributed by atoms with Gasteiger partial charge in [0.15, 0.2) is 17.5 Å². The van der Waals surface area contributed by atoms with Crippen LogP contribution >= 0.6 is 24.0 Å². The van der Waals surface area contributed by atoms with Gasteiger partial charge >= 0.3 is 0 Å². The van der Waals surface area contributed by atoms with Gasteiger partial charge in [-0.25, -0.2) is 0 Å². The molecule has 6 nitrogen and oxygen atoms in total. The van der Waals surface area contributed by atoms with Gasteiger partial charge in [-0.1, -0.05) is 37.3 Å². The predicted molar refractivity (Wildman–Crippen MR) is 120 cm³/mol. The number of methoxy groups -OCH3 is 2. The highest BCUT2D eigenvalue weighted by molar-refractivity contribution is 14.0. The molecule has 1 atom stereocenters. The average molecular weight is 485 g/mol. The summed E-state index contributed by atoms with van der Waals surface area (Å²) in [6.45, 7) is 3.46. The van der Waals surface area contributed by atoms with Crippen LogP contribution in [0.25, 0.3) is 0 Å². The minimum Gasteiger partial charge on any atom is -0.502 e. The van der Waals surface area contributed by atoms with E-state index in [4.69, 9.17) is 9.47 Å². The molecule has 0 radical (unpaired) electrons. The smallest absolute Gasteiger partial charge is 0.200 e. The molecule has 2 aromatic carbocycles. The van der Waals surface area contributed by atoms with Crippen LogP contribution in [-0.2, 0) is 6.54 Å². The van der Waals surface area contributed by atoms with E-state index in [9.17, 15) is 5.11 Å². The van der Waals surface area contributed by atoms with Crippen molar-refractivity contribution in [1.29, 1.82) is 0 Å². The van der Waals surface area contributed by atoms with Crippen LogP contribution in [0.1, 0.15) is 24.0 Å². The van der Waals surface area contributed by atoms with E-state index < -0.39 is 0 Å². The molecule has 0 aliphatic heterocycles. The molecule has 27 heavy (non-hydrogen) atoms. The largest absolute Gasteiger partial charge is 0.502 e. The maximum Gasteiger partial charge on any atom is 0.200 e. The molecule has 0 fully saturated rings. The van der Waals surface area contributed by atoms with Gasteiger partial charge in [-0.15, -0.1) is 24.0 Å². The molecule has 148 valence electrons. The first-order valence-corrected chi connectivity index (χ1v) is 8.52. The quantitative estimate of drug-likeness (QED) is 0.318. The first-order chi connectivity index (χ1) is 12.6. The van der Waals surface area contributed by atoms with Crippen molar-refractivity contribution in [3.8, 4) is 17.2 Å². The van der Waals surface area contributed by atoms with Crippen LogP contribution in [0.4, 0.5) is 0 Å². The van der Waals surface area contributed by atoms with Gasteiger partial charge < -0.3 is 25.2 Å². The van der Waals surface area contributed by atoms with Crippen LogP contribution in [0, 0.1) is 0 Å². The van der Waals surface area contributed by atoms with Gasteiger partial charge in [0.2, 0.25) is 5.75 Å². The third-order valence-electron chi connectivity index (χ3n) is 4.17. The lowest BCUT2D eigenvalue weighted by Gasteiger charge is -2.17. The van der Waals surface area contributed by atoms with E-state index in [0.29, 0.717) is 29.9 Å². The molecular weight excluding hydrogens is 457 g/mol. The molecule has 0 saturated carbocycles. The van der Waals surface area contributed by atoms with Crippen molar-refractivity contribution >= 4 is 29.9 Å². The Kier molecular flexibility index (Phi) is 9.77. The zero-order valence-corrected chi connectivity index (χ0v) is 18.5. The van der Waals surface area contributed by atoms with Gasteiger partial charge in [0.1, 0.15) is 0 Å². The van der Waals surface area contributed by atoms with E-state index in [2.05, 4.69) is 34.7 Å². The summed E-state index contributed by atoms with van der Waals surface area (Å²) < 4.78 is 10.4. The molecule has 0 aromatic heterocycles. The number of hydrogen-bond donors (Lipinski definition) is 3. The first kappa shape index (κ1) is 22.9. The summed E-state index contributed by atoms with van der Waals surface area (Å²) in [4.78, 5) is 4.25. The molecule has 0 bridgehead atoms. The number of rotatable bonds is 7. The van der Waals surface area contributed by atoms with Gasteiger partial charge in [-0.2, -0.15) is 0 Å². The van der Waals surface area contributed by atoms with Crippen molar-refractivity contribution in [3.63, 3.8) is 0 Å². The summed E-state index contributed by atoms with van der Waals surface area (Å²) in [5.74, 6) is 1.82. The fourth-order valence-corrected chi connectivity index (χ4v) is 2.61. The molecule has 0 aliphatic carbocycles. The van der Waals surface area contributed by atoms with E-state index in [1.54, 1.807) is 19.2 Å². The highest BCUT2D eigenvalue weighted by atomic mass is 127. The second kappa shape index (κ2) is 11.5. The molecule has 0 heterocycles. The summed E-state index contributed by atoms with van der Waals surface area (Å²) in [5.41, 5.74) is 2.19. The number of hydrogen-bond acceptors (Lipinski definition) is 4. The van der Waals surface area contributed by atoms with Gasteiger partial charge in [-0.3, -0.25) is 4.99 Å². The fraction of sp³-hybridized carbons (Fsp3) is 0.350. The van der Waals surface area contributed by atoms with Crippen molar-refractivity contribution < 1.29 is 14.6 Å². The average Bonchev–Trinajstić information content (AvgIpc) is 2.69. The number of aliphatic imine (C=N–C) groups is 1. The summed E-state index contributed by atoms with van der Waals surface area (Å²) >= 11 is 0. The second-order valence-electron chi connectivity index (χ2n) is 5.97. The van der Waals surface area contributed by atoms with Crippen molar-refractivity contribution in [2.45, 2.75) is 19.4 Å². The number of guanidine groups is 1. The minimum absolute atomic E-state index is 0. The number of phenolic OH excluding ortho intramolecular Hbond substituents is 1. The maximum atomic E-state index is 9.98. The zero-order valence-electron chi connectivity index (χ0n) is 16.2. The lowest BCUT2D eigenvalue weighted by atomic mass is 10.0. The van der Waals surface area contributed by atoms with E-state index in [1.807, 2.05) is 18.2 Å². The van der Waals surface area contributed by atoms with Gasteiger partial charge in [-0.05, 0) is 29.2 Å². The topological polar surface area (TPSA) is 75.1 Å². The standard InChI is InChI=1S/C20H27N3O3.HI/c1-14(16-8-6-5-7-9-16)12-22-20(21-2)23-13-15-10-17(25-3)19(24)18(11-15)26-4;/h5-11,14,24H,12-13H2,1-4H3,(H2,21,22,23);1H. The van der Waals surface area contributed by atoms with Crippen LogP contribution in [0.15, 0.2) is 47.5 Å². The maximum absolute atomic E-state index is 9.98. The Bertz CT molecular complexity index is 714. The van der Waals surface area contributed by atoms with Gasteiger partial charge in [0.25, 0.3) is 0 Å². The summed E-state index contributed by atoms with van der Waals surface area (Å²) in [6, 6.07) is 13.9. The number of phenols is 1.